The highest BCUT2D eigenvalue weighted by atomic mass is 19.1. The molecule has 0 aliphatic carbocycles. The van der Waals surface area contributed by atoms with Gasteiger partial charge in [-0.25, -0.2) is 13.6 Å². The van der Waals surface area contributed by atoms with E-state index < -0.39 is 23.5 Å². The van der Waals surface area contributed by atoms with Crippen LogP contribution in [0.2, 0.25) is 0 Å². The van der Waals surface area contributed by atoms with Crippen molar-refractivity contribution in [2.75, 3.05) is 0 Å². The summed E-state index contributed by atoms with van der Waals surface area (Å²) in [5, 5.41) is 9.55. The van der Waals surface area contributed by atoms with Crippen LogP contribution in [0.3, 0.4) is 0 Å². The van der Waals surface area contributed by atoms with Gasteiger partial charge < -0.3 is 15.2 Å². The molecule has 148 valence electrons. The van der Waals surface area contributed by atoms with Crippen molar-refractivity contribution in [2.45, 2.75) is 5.92 Å². The summed E-state index contributed by atoms with van der Waals surface area (Å²) in [6.07, 6.45) is 0. The molecule has 1 aliphatic rings. The Bertz CT molecular complexity index is 1210. The molecule has 0 aromatic heterocycles. The van der Waals surface area contributed by atoms with Crippen LogP contribution in [0.15, 0.2) is 78.2 Å². The Morgan fingerprint density at radius 3 is 2.50 bits per heavy atom. The van der Waals surface area contributed by atoms with Gasteiger partial charge in [-0.3, -0.25) is 0 Å². The fraction of sp³-hybridized carbons (Fsp3) is 0.0435. The average Bonchev–Trinajstić information content (AvgIpc) is 2.73. The molecule has 0 saturated carbocycles. The Balaban J connectivity index is 1.69. The Hall–Kier alpha value is -4.18. The largest absolute Gasteiger partial charge is 0.440 e. The maximum atomic E-state index is 13.8. The van der Waals surface area contributed by atoms with Gasteiger partial charge in [0.2, 0.25) is 5.88 Å². The monoisotopic (exact) mass is 404 g/mol. The normalized spacial score (nSPS) is 15.0. The number of esters is 1. The SMILES string of the molecule is N#CC1=C(N)Oc2cc(OC(=O)c3ccc(F)cc3)ccc2C1c1cccc(F)c1. The molecule has 4 rings (SSSR count). The molecule has 0 spiro atoms. The van der Waals surface area contributed by atoms with Crippen LogP contribution in [0, 0.1) is 23.0 Å². The highest BCUT2D eigenvalue weighted by molar-refractivity contribution is 5.91. The molecular weight excluding hydrogens is 390 g/mol. The van der Waals surface area contributed by atoms with Crippen molar-refractivity contribution in [1.29, 1.82) is 5.26 Å². The van der Waals surface area contributed by atoms with Crippen LogP contribution in [-0.2, 0) is 0 Å². The number of ether oxygens (including phenoxy) is 2. The van der Waals surface area contributed by atoms with Crippen LogP contribution < -0.4 is 15.2 Å². The molecule has 3 aromatic rings. The summed E-state index contributed by atoms with van der Waals surface area (Å²) in [7, 11) is 0. The first-order valence-corrected chi connectivity index (χ1v) is 8.91. The molecule has 1 aliphatic heterocycles. The molecule has 0 saturated heterocycles. The van der Waals surface area contributed by atoms with Gasteiger partial charge in [-0.2, -0.15) is 5.26 Å². The van der Waals surface area contributed by atoms with Gasteiger partial charge >= 0.3 is 5.97 Å². The van der Waals surface area contributed by atoms with Gasteiger partial charge in [0.05, 0.1) is 11.5 Å². The summed E-state index contributed by atoms with van der Waals surface area (Å²) in [4.78, 5) is 12.3. The van der Waals surface area contributed by atoms with E-state index in [2.05, 4.69) is 0 Å². The van der Waals surface area contributed by atoms with Crippen molar-refractivity contribution in [1.82, 2.24) is 0 Å². The Labute approximate surface area is 170 Å². The minimum absolute atomic E-state index is 0.110. The third kappa shape index (κ3) is 3.59. The lowest BCUT2D eigenvalue weighted by Crippen LogP contribution is -2.21. The first-order valence-electron chi connectivity index (χ1n) is 8.91. The minimum atomic E-state index is -0.673. The number of halogens is 2. The summed E-state index contributed by atoms with van der Waals surface area (Å²) in [6, 6.07) is 17.5. The van der Waals surface area contributed by atoms with Gasteiger partial charge in [0, 0.05) is 11.6 Å². The summed E-state index contributed by atoms with van der Waals surface area (Å²) in [5.74, 6) is -1.86. The van der Waals surface area contributed by atoms with Crippen molar-refractivity contribution in [3.8, 4) is 17.6 Å². The van der Waals surface area contributed by atoms with Crippen LogP contribution in [0.4, 0.5) is 8.78 Å². The molecule has 30 heavy (non-hydrogen) atoms. The Morgan fingerprint density at radius 1 is 1.03 bits per heavy atom. The topological polar surface area (TPSA) is 85.3 Å². The number of rotatable bonds is 3. The van der Waals surface area contributed by atoms with Gasteiger partial charge in [0.1, 0.15) is 34.8 Å². The average molecular weight is 404 g/mol. The quantitative estimate of drug-likeness (QED) is 0.517. The fourth-order valence-corrected chi connectivity index (χ4v) is 3.28. The number of carbonyl (C=O) groups is 1. The van der Waals surface area contributed by atoms with Crippen molar-refractivity contribution >= 4 is 5.97 Å². The second-order valence-electron chi connectivity index (χ2n) is 6.58. The number of carbonyl (C=O) groups excluding carboxylic acids is 1. The Morgan fingerprint density at radius 2 is 1.80 bits per heavy atom. The molecule has 1 unspecified atom stereocenters. The highest BCUT2D eigenvalue weighted by Gasteiger charge is 2.31. The fourth-order valence-electron chi connectivity index (χ4n) is 3.28. The zero-order chi connectivity index (χ0) is 21.3. The first kappa shape index (κ1) is 19.2. The molecule has 3 aromatic carbocycles. The number of nitriles is 1. The van der Waals surface area contributed by atoms with Gasteiger partial charge in [-0.1, -0.05) is 18.2 Å². The third-order valence-electron chi connectivity index (χ3n) is 4.66. The maximum Gasteiger partial charge on any atom is 0.343 e. The number of nitrogens with zero attached hydrogens (tertiary/aromatic N) is 1. The summed E-state index contributed by atoms with van der Waals surface area (Å²) in [6.45, 7) is 0. The number of allylic oxidation sites excluding steroid dienone is 1. The van der Waals surface area contributed by atoms with Crippen molar-refractivity contribution < 1.29 is 23.0 Å². The molecule has 1 heterocycles. The zero-order valence-electron chi connectivity index (χ0n) is 15.4. The number of fused-ring (bicyclic) bond motifs is 1. The third-order valence-corrected chi connectivity index (χ3v) is 4.66. The first-order chi connectivity index (χ1) is 14.5. The molecule has 7 heteroatoms. The van der Waals surface area contributed by atoms with E-state index in [1.165, 1.54) is 36.4 Å². The molecule has 0 radical (unpaired) electrons. The van der Waals surface area contributed by atoms with E-state index in [9.17, 15) is 18.8 Å². The van der Waals surface area contributed by atoms with E-state index in [1.54, 1.807) is 18.2 Å². The number of hydrogen-bond acceptors (Lipinski definition) is 5. The standard InChI is InChI=1S/C23H14F2N2O3/c24-15-6-4-13(5-7-15)23(28)29-17-8-9-18-20(11-17)30-22(27)19(12-26)21(18)14-2-1-3-16(25)10-14/h1-11,21H,27H2. The van der Waals surface area contributed by atoms with Crippen molar-refractivity contribution in [2.24, 2.45) is 5.73 Å². The van der Waals surface area contributed by atoms with Gasteiger partial charge in [-0.15, -0.1) is 0 Å². The Kier molecular flexibility index (Phi) is 4.90. The number of nitrogens with two attached hydrogens (primary N) is 1. The zero-order valence-corrected chi connectivity index (χ0v) is 15.4. The molecule has 1 atom stereocenters. The van der Waals surface area contributed by atoms with Crippen LogP contribution in [0.25, 0.3) is 0 Å². The molecule has 0 amide bonds. The van der Waals surface area contributed by atoms with Gasteiger partial charge in [0.15, 0.2) is 0 Å². The number of benzene rings is 3. The van der Waals surface area contributed by atoms with Crippen molar-refractivity contribution in [3.05, 3.63) is 107 Å². The lowest BCUT2D eigenvalue weighted by atomic mass is 9.83. The van der Waals surface area contributed by atoms with E-state index in [0.29, 0.717) is 11.1 Å². The van der Waals surface area contributed by atoms with E-state index in [-0.39, 0.29) is 28.5 Å². The predicted molar refractivity (Wildman–Crippen MR) is 103 cm³/mol. The van der Waals surface area contributed by atoms with Crippen molar-refractivity contribution in [3.63, 3.8) is 0 Å². The van der Waals surface area contributed by atoms with E-state index in [1.807, 2.05) is 6.07 Å². The van der Waals surface area contributed by atoms with Gasteiger partial charge in [0.25, 0.3) is 0 Å². The molecule has 2 N–H and O–H groups in total. The van der Waals surface area contributed by atoms with Crippen LogP contribution in [0.1, 0.15) is 27.4 Å². The van der Waals surface area contributed by atoms with E-state index in [4.69, 9.17) is 15.2 Å². The van der Waals surface area contributed by atoms with Crippen LogP contribution >= 0.6 is 0 Å². The number of hydrogen-bond donors (Lipinski definition) is 1. The van der Waals surface area contributed by atoms with Crippen LogP contribution in [0.5, 0.6) is 11.5 Å². The lowest BCUT2D eigenvalue weighted by Gasteiger charge is -2.26. The summed E-state index contributed by atoms with van der Waals surface area (Å²) in [5.41, 5.74) is 7.37. The molecule has 0 bridgehead atoms. The van der Waals surface area contributed by atoms with E-state index in [0.717, 1.165) is 12.1 Å². The highest BCUT2D eigenvalue weighted by Crippen LogP contribution is 2.43. The predicted octanol–water partition coefficient (Wildman–Crippen LogP) is 4.40. The second-order valence-corrected chi connectivity index (χ2v) is 6.58. The second kappa shape index (κ2) is 7.68. The maximum absolute atomic E-state index is 13.8. The molecule has 0 fully saturated rings. The smallest absolute Gasteiger partial charge is 0.343 e. The van der Waals surface area contributed by atoms with Gasteiger partial charge in [-0.05, 0) is 48.0 Å². The minimum Gasteiger partial charge on any atom is -0.440 e. The summed E-state index contributed by atoms with van der Waals surface area (Å²) >= 11 is 0. The molecule has 5 nitrogen and oxygen atoms in total. The van der Waals surface area contributed by atoms with Crippen LogP contribution in [-0.4, -0.2) is 5.97 Å². The summed E-state index contributed by atoms with van der Waals surface area (Å²) < 4.78 is 37.7. The van der Waals surface area contributed by atoms with E-state index >= 15 is 0 Å². The molecular formula is C23H14F2N2O3. The lowest BCUT2D eigenvalue weighted by molar-refractivity contribution is 0.0734.